The molecule has 1 N–H and O–H groups in total. The molecule has 0 bridgehead atoms. The quantitative estimate of drug-likeness (QED) is 0.382. The van der Waals surface area contributed by atoms with E-state index in [0.29, 0.717) is 42.3 Å². The fraction of sp³-hybridized carbons (Fsp3) is 0.550. The average Bonchev–Trinajstić information content (AvgIpc) is 3.43. The van der Waals surface area contributed by atoms with Crippen LogP contribution in [0.1, 0.15) is 31.5 Å². The zero-order valence-corrected chi connectivity index (χ0v) is 20.4. The maximum atomic E-state index is 13.3. The SMILES string of the molecule is COCC(COC)n1c(N[S+]([O-])C(C)C(C)c2cnc(OC)cn2)nnc1-c1ccn(C)n1. The van der Waals surface area contributed by atoms with Crippen molar-refractivity contribution < 1.29 is 18.8 Å². The lowest BCUT2D eigenvalue weighted by Gasteiger charge is -2.24. The van der Waals surface area contributed by atoms with Gasteiger partial charge in [-0.05, 0) is 13.0 Å². The molecule has 0 spiro atoms. The Hall–Kier alpha value is -2.74. The molecular formula is C20H30N8O4S. The van der Waals surface area contributed by atoms with Crippen LogP contribution in [0.3, 0.4) is 0 Å². The summed E-state index contributed by atoms with van der Waals surface area (Å²) in [7, 11) is 6.58. The van der Waals surface area contributed by atoms with Crippen molar-refractivity contribution in [2.75, 3.05) is 39.3 Å². The molecule has 0 saturated heterocycles. The third-order valence-corrected chi connectivity index (χ3v) is 6.75. The maximum Gasteiger partial charge on any atom is 0.267 e. The van der Waals surface area contributed by atoms with Crippen LogP contribution in [0.4, 0.5) is 5.95 Å². The van der Waals surface area contributed by atoms with Crippen molar-refractivity contribution >= 4 is 17.3 Å². The van der Waals surface area contributed by atoms with Gasteiger partial charge in [-0.3, -0.25) is 14.2 Å². The van der Waals surface area contributed by atoms with Crippen LogP contribution < -0.4 is 9.46 Å². The molecule has 0 aliphatic carbocycles. The smallest absolute Gasteiger partial charge is 0.267 e. The lowest BCUT2D eigenvalue weighted by atomic mass is 10.1. The number of aryl methyl sites for hydroxylation is 1. The van der Waals surface area contributed by atoms with E-state index in [9.17, 15) is 4.55 Å². The summed E-state index contributed by atoms with van der Waals surface area (Å²) in [6.45, 7) is 4.52. The number of methoxy groups -OCH3 is 3. The summed E-state index contributed by atoms with van der Waals surface area (Å²) in [5.74, 6) is 1.15. The monoisotopic (exact) mass is 478 g/mol. The van der Waals surface area contributed by atoms with Gasteiger partial charge in [-0.1, -0.05) is 6.92 Å². The van der Waals surface area contributed by atoms with E-state index in [4.69, 9.17) is 14.2 Å². The van der Waals surface area contributed by atoms with Gasteiger partial charge in [0.05, 0.1) is 55.8 Å². The van der Waals surface area contributed by atoms with E-state index in [1.807, 2.05) is 37.7 Å². The summed E-state index contributed by atoms with van der Waals surface area (Å²) in [6.07, 6.45) is 5.00. The van der Waals surface area contributed by atoms with Crippen LogP contribution in [-0.4, -0.2) is 78.9 Å². The first-order valence-electron chi connectivity index (χ1n) is 10.4. The van der Waals surface area contributed by atoms with Crippen LogP contribution in [-0.2, 0) is 27.9 Å². The molecule has 0 radical (unpaired) electrons. The Bertz CT molecular complexity index is 1010. The molecule has 13 heteroatoms. The molecule has 0 aromatic carbocycles. The first-order chi connectivity index (χ1) is 15.9. The van der Waals surface area contributed by atoms with Gasteiger partial charge in [0, 0.05) is 33.4 Å². The Balaban J connectivity index is 1.87. The van der Waals surface area contributed by atoms with Gasteiger partial charge in [-0.2, -0.15) is 9.82 Å². The highest BCUT2D eigenvalue weighted by atomic mass is 32.2. The number of ether oxygens (including phenoxy) is 3. The maximum absolute atomic E-state index is 13.3. The fourth-order valence-electron chi connectivity index (χ4n) is 3.27. The molecule has 12 nitrogen and oxygen atoms in total. The van der Waals surface area contributed by atoms with Crippen molar-refractivity contribution in [2.24, 2.45) is 7.05 Å². The summed E-state index contributed by atoms with van der Waals surface area (Å²) in [5.41, 5.74) is 1.35. The summed E-state index contributed by atoms with van der Waals surface area (Å²) >= 11 is -1.51. The zero-order valence-electron chi connectivity index (χ0n) is 19.6. The second-order valence-corrected chi connectivity index (χ2v) is 9.08. The van der Waals surface area contributed by atoms with Crippen LogP contribution >= 0.6 is 0 Å². The van der Waals surface area contributed by atoms with Crippen molar-refractivity contribution in [3.63, 3.8) is 0 Å². The first kappa shape index (κ1) is 24.9. The highest BCUT2D eigenvalue weighted by Crippen LogP contribution is 2.28. The van der Waals surface area contributed by atoms with Gasteiger partial charge in [0.1, 0.15) is 10.9 Å². The van der Waals surface area contributed by atoms with Gasteiger partial charge < -0.3 is 18.8 Å². The van der Waals surface area contributed by atoms with Crippen molar-refractivity contribution in [1.82, 2.24) is 34.5 Å². The molecule has 3 rings (SSSR count). The molecule has 3 unspecified atom stereocenters. The van der Waals surface area contributed by atoms with E-state index in [-0.39, 0.29) is 17.2 Å². The highest BCUT2D eigenvalue weighted by molar-refractivity contribution is 7.93. The van der Waals surface area contributed by atoms with Crippen LogP contribution in [0.15, 0.2) is 24.7 Å². The molecule has 0 aliphatic heterocycles. The van der Waals surface area contributed by atoms with Gasteiger partial charge in [-0.25, -0.2) is 4.98 Å². The minimum Gasteiger partial charge on any atom is -0.593 e. The van der Waals surface area contributed by atoms with Gasteiger partial charge in [0.15, 0.2) is 5.82 Å². The van der Waals surface area contributed by atoms with Gasteiger partial charge in [0.25, 0.3) is 5.95 Å². The average molecular weight is 479 g/mol. The molecule has 33 heavy (non-hydrogen) atoms. The molecule has 3 atom stereocenters. The number of rotatable bonds is 12. The molecule has 0 aliphatic rings. The predicted molar refractivity (Wildman–Crippen MR) is 123 cm³/mol. The fourth-order valence-corrected chi connectivity index (χ4v) is 4.29. The van der Waals surface area contributed by atoms with Gasteiger partial charge >= 0.3 is 0 Å². The third kappa shape index (κ3) is 5.79. The standard InChI is InChI=1S/C20H30N8O4S/c1-13(17-9-22-18(32-6)10-21-17)14(2)33(29)26-20-24-23-19(16-7-8-27(3)25-16)28(20)15(11-30-4)12-31-5/h7-10,13-15H,11-12H2,1-6H3,(H,24,26). The van der Waals surface area contributed by atoms with Crippen molar-refractivity contribution in [3.05, 3.63) is 30.4 Å². The van der Waals surface area contributed by atoms with E-state index in [0.717, 1.165) is 0 Å². The van der Waals surface area contributed by atoms with E-state index < -0.39 is 11.4 Å². The van der Waals surface area contributed by atoms with Crippen LogP contribution in [0, 0.1) is 0 Å². The third-order valence-electron chi connectivity index (χ3n) is 5.28. The van der Waals surface area contributed by atoms with Crippen molar-refractivity contribution in [2.45, 2.75) is 31.1 Å². The molecular weight excluding hydrogens is 448 g/mol. The number of hydrogen-bond donors (Lipinski definition) is 1. The van der Waals surface area contributed by atoms with Crippen molar-refractivity contribution in [3.8, 4) is 17.4 Å². The largest absolute Gasteiger partial charge is 0.593 e. The highest BCUT2D eigenvalue weighted by Gasteiger charge is 2.31. The second kappa shape index (κ2) is 11.4. The van der Waals surface area contributed by atoms with Crippen molar-refractivity contribution in [1.29, 1.82) is 0 Å². The van der Waals surface area contributed by atoms with Crippen LogP contribution in [0.25, 0.3) is 11.5 Å². The summed E-state index contributed by atoms with van der Waals surface area (Å²) in [4.78, 5) is 8.57. The second-order valence-electron chi connectivity index (χ2n) is 7.53. The number of hydrogen-bond acceptors (Lipinski definition) is 10. The summed E-state index contributed by atoms with van der Waals surface area (Å²) < 4.78 is 35.6. The Morgan fingerprint density at radius 3 is 2.36 bits per heavy atom. The normalized spacial score (nSPS) is 14.3. The van der Waals surface area contributed by atoms with Crippen LogP contribution in [0.2, 0.25) is 0 Å². The zero-order chi connectivity index (χ0) is 24.0. The number of nitrogens with zero attached hydrogens (tertiary/aromatic N) is 7. The van der Waals surface area contributed by atoms with Gasteiger partial charge in [-0.15, -0.1) is 10.2 Å². The molecule has 3 aromatic rings. The van der Waals surface area contributed by atoms with E-state index in [1.165, 1.54) is 7.11 Å². The summed E-state index contributed by atoms with van der Waals surface area (Å²) in [5, 5.41) is 12.7. The molecule has 180 valence electrons. The Morgan fingerprint density at radius 2 is 1.82 bits per heavy atom. The number of nitrogens with one attached hydrogen (secondary N) is 1. The van der Waals surface area contributed by atoms with Crippen LogP contribution in [0.5, 0.6) is 5.88 Å². The van der Waals surface area contributed by atoms with Gasteiger partial charge in [0.2, 0.25) is 5.88 Å². The molecule has 3 heterocycles. The minimum absolute atomic E-state index is 0.142. The Labute approximate surface area is 196 Å². The van der Waals surface area contributed by atoms with E-state index in [1.54, 1.807) is 31.3 Å². The summed E-state index contributed by atoms with van der Waals surface area (Å²) in [6, 6.07) is 1.58. The lowest BCUT2D eigenvalue weighted by Crippen LogP contribution is -2.32. The topological polar surface area (TPSA) is 137 Å². The molecule has 0 fully saturated rings. The molecule has 0 saturated carbocycles. The number of anilines is 1. The molecule has 3 aromatic heterocycles. The molecule has 0 amide bonds. The van der Waals surface area contributed by atoms with E-state index in [2.05, 4.69) is 30.0 Å². The first-order valence-corrected chi connectivity index (χ1v) is 11.6. The predicted octanol–water partition coefficient (Wildman–Crippen LogP) is 1.58. The Morgan fingerprint density at radius 1 is 1.09 bits per heavy atom. The van der Waals surface area contributed by atoms with E-state index >= 15 is 0 Å². The minimum atomic E-state index is -1.51. The number of aromatic nitrogens is 7. The Kier molecular flexibility index (Phi) is 8.61. The lowest BCUT2D eigenvalue weighted by molar-refractivity contribution is 0.0908.